The minimum absolute atomic E-state index is 0.00662. The van der Waals surface area contributed by atoms with E-state index in [4.69, 9.17) is 14.0 Å². The van der Waals surface area contributed by atoms with Crippen molar-refractivity contribution >= 4 is 11.8 Å². The monoisotopic (exact) mass is 455 g/mol. The lowest BCUT2D eigenvalue weighted by atomic mass is 9.99. The molecule has 2 saturated heterocycles. The van der Waals surface area contributed by atoms with Crippen molar-refractivity contribution in [2.75, 3.05) is 39.9 Å². The third-order valence-electron chi connectivity index (χ3n) is 6.57. The summed E-state index contributed by atoms with van der Waals surface area (Å²) in [7, 11) is 1.61. The lowest BCUT2D eigenvalue weighted by Crippen LogP contribution is -2.42. The summed E-state index contributed by atoms with van der Waals surface area (Å²) in [4.78, 5) is 29.7. The fraction of sp³-hybridized carbons (Fsp3) is 0.560. The number of hydrogen-bond acceptors (Lipinski definition) is 6. The normalized spacial score (nSPS) is 19.0. The van der Waals surface area contributed by atoms with Crippen LogP contribution >= 0.6 is 0 Å². The van der Waals surface area contributed by atoms with E-state index in [-0.39, 0.29) is 23.6 Å². The molecule has 2 aliphatic heterocycles. The fourth-order valence-electron chi connectivity index (χ4n) is 4.39. The van der Waals surface area contributed by atoms with Crippen LogP contribution in [-0.4, -0.2) is 72.8 Å². The average molecular weight is 456 g/mol. The Morgan fingerprint density at radius 3 is 2.61 bits per heavy atom. The van der Waals surface area contributed by atoms with E-state index in [0.29, 0.717) is 37.8 Å². The SMILES string of the molecule is COc1ccc(-c2cc(C(=O)N(CCC(=O)N3CCC(C)CC3)C[C@@H]3CCCO3)no2)cc1. The molecule has 8 heteroatoms. The van der Waals surface area contributed by atoms with Crippen LogP contribution in [0.5, 0.6) is 5.75 Å². The quantitative estimate of drug-likeness (QED) is 0.604. The number of amides is 2. The van der Waals surface area contributed by atoms with E-state index < -0.39 is 0 Å². The maximum absolute atomic E-state index is 13.3. The van der Waals surface area contributed by atoms with Gasteiger partial charge in [0, 0.05) is 50.8 Å². The molecule has 0 N–H and O–H groups in total. The van der Waals surface area contributed by atoms with Gasteiger partial charge in [-0.2, -0.15) is 0 Å². The van der Waals surface area contributed by atoms with E-state index in [2.05, 4.69) is 12.1 Å². The third-order valence-corrected chi connectivity index (χ3v) is 6.57. The Kier molecular flexibility index (Phi) is 7.65. The summed E-state index contributed by atoms with van der Waals surface area (Å²) in [6, 6.07) is 9.03. The number of aromatic nitrogens is 1. The number of piperidine rings is 1. The molecule has 33 heavy (non-hydrogen) atoms. The molecular weight excluding hydrogens is 422 g/mol. The molecular formula is C25H33N3O5. The molecule has 2 fully saturated rings. The number of likely N-dealkylation sites (tertiary alicyclic amines) is 1. The lowest BCUT2D eigenvalue weighted by Gasteiger charge is -2.31. The summed E-state index contributed by atoms with van der Waals surface area (Å²) >= 11 is 0. The molecule has 0 radical (unpaired) electrons. The van der Waals surface area contributed by atoms with Crippen molar-refractivity contribution in [1.29, 1.82) is 0 Å². The minimum atomic E-state index is -0.242. The van der Waals surface area contributed by atoms with Gasteiger partial charge in [0.1, 0.15) is 5.75 Å². The molecule has 8 nitrogen and oxygen atoms in total. The molecule has 178 valence electrons. The smallest absolute Gasteiger partial charge is 0.276 e. The van der Waals surface area contributed by atoms with E-state index >= 15 is 0 Å². The van der Waals surface area contributed by atoms with Gasteiger partial charge in [-0.25, -0.2) is 0 Å². The zero-order valence-electron chi connectivity index (χ0n) is 19.5. The number of ether oxygens (including phenoxy) is 2. The van der Waals surface area contributed by atoms with E-state index in [0.717, 1.165) is 50.1 Å². The van der Waals surface area contributed by atoms with Gasteiger partial charge in [-0.05, 0) is 55.9 Å². The highest BCUT2D eigenvalue weighted by Gasteiger charge is 2.27. The Morgan fingerprint density at radius 1 is 1.18 bits per heavy atom. The van der Waals surface area contributed by atoms with Crippen molar-refractivity contribution < 1.29 is 23.6 Å². The van der Waals surface area contributed by atoms with Crippen LogP contribution in [0.4, 0.5) is 0 Å². The van der Waals surface area contributed by atoms with Crippen molar-refractivity contribution in [1.82, 2.24) is 15.0 Å². The van der Waals surface area contributed by atoms with Gasteiger partial charge in [0.15, 0.2) is 11.5 Å². The van der Waals surface area contributed by atoms with Crippen LogP contribution < -0.4 is 4.74 Å². The maximum atomic E-state index is 13.3. The molecule has 1 aromatic heterocycles. The number of methoxy groups -OCH3 is 1. The van der Waals surface area contributed by atoms with E-state index in [1.54, 1.807) is 18.1 Å². The topological polar surface area (TPSA) is 85.1 Å². The van der Waals surface area contributed by atoms with Crippen LogP contribution in [0, 0.1) is 5.92 Å². The van der Waals surface area contributed by atoms with Crippen molar-refractivity contribution in [3.8, 4) is 17.1 Å². The van der Waals surface area contributed by atoms with Gasteiger partial charge in [-0.15, -0.1) is 0 Å². The predicted octanol–water partition coefficient (Wildman–Crippen LogP) is 3.62. The molecule has 1 aromatic carbocycles. The Labute approximate surface area is 194 Å². The Bertz CT molecular complexity index is 928. The first-order valence-corrected chi connectivity index (χ1v) is 11.8. The van der Waals surface area contributed by atoms with Gasteiger partial charge in [0.25, 0.3) is 5.91 Å². The minimum Gasteiger partial charge on any atom is -0.497 e. The summed E-state index contributed by atoms with van der Waals surface area (Å²) in [5.74, 6) is 1.78. The average Bonchev–Trinajstić information content (AvgIpc) is 3.54. The summed E-state index contributed by atoms with van der Waals surface area (Å²) in [6.07, 6.45) is 4.28. The molecule has 1 atom stereocenters. The number of hydrogen-bond donors (Lipinski definition) is 0. The largest absolute Gasteiger partial charge is 0.497 e. The second kappa shape index (κ2) is 10.8. The van der Waals surface area contributed by atoms with Gasteiger partial charge in [0.2, 0.25) is 5.91 Å². The number of nitrogens with zero attached hydrogens (tertiary/aromatic N) is 3. The summed E-state index contributed by atoms with van der Waals surface area (Å²) < 4.78 is 16.4. The highest BCUT2D eigenvalue weighted by molar-refractivity contribution is 5.93. The first-order valence-electron chi connectivity index (χ1n) is 11.8. The van der Waals surface area contributed by atoms with E-state index in [1.165, 1.54) is 0 Å². The zero-order valence-corrected chi connectivity index (χ0v) is 19.5. The first kappa shape index (κ1) is 23.3. The van der Waals surface area contributed by atoms with Crippen LogP contribution in [0.1, 0.15) is 49.5 Å². The van der Waals surface area contributed by atoms with Gasteiger partial charge in [-0.3, -0.25) is 9.59 Å². The highest BCUT2D eigenvalue weighted by Crippen LogP contribution is 2.24. The summed E-state index contributed by atoms with van der Waals surface area (Å²) in [5.41, 5.74) is 1.04. The van der Waals surface area contributed by atoms with Crippen molar-refractivity contribution in [2.45, 2.75) is 45.1 Å². The molecule has 0 bridgehead atoms. The van der Waals surface area contributed by atoms with Gasteiger partial charge >= 0.3 is 0 Å². The second-order valence-corrected chi connectivity index (χ2v) is 9.00. The van der Waals surface area contributed by atoms with Crippen LogP contribution in [0.2, 0.25) is 0 Å². The molecule has 0 unspecified atom stereocenters. The Morgan fingerprint density at radius 2 is 1.94 bits per heavy atom. The van der Waals surface area contributed by atoms with Crippen molar-refractivity contribution in [3.63, 3.8) is 0 Å². The predicted molar refractivity (Wildman–Crippen MR) is 123 cm³/mol. The van der Waals surface area contributed by atoms with Crippen LogP contribution in [-0.2, 0) is 9.53 Å². The van der Waals surface area contributed by atoms with E-state index in [9.17, 15) is 9.59 Å². The van der Waals surface area contributed by atoms with Crippen LogP contribution in [0.15, 0.2) is 34.9 Å². The van der Waals surface area contributed by atoms with Gasteiger partial charge in [0.05, 0.1) is 13.2 Å². The molecule has 3 heterocycles. The molecule has 4 rings (SSSR count). The molecule has 0 saturated carbocycles. The standard InChI is InChI=1S/C25H33N3O5/c1-18-9-12-27(13-10-18)24(29)11-14-28(17-21-4-3-15-32-21)25(30)22-16-23(33-26-22)19-5-7-20(31-2)8-6-19/h5-8,16,18,21H,3-4,9-15,17H2,1-2H3/t21-/m0/s1. The van der Waals surface area contributed by atoms with Crippen molar-refractivity contribution in [3.05, 3.63) is 36.0 Å². The lowest BCUT2D eigenvalue weighted by molar-refractivity contribution is -0.132. The fourth-order valence-corrected chi connectivity index (χ4v) is 4.39. The van der Waals surface area contributed by atoms with Crippen LogP contribution in [0.3, 0.4) is 0 Å². The summed E-state index contributed by atoms with van der Waals surface area (Å²) in [5, 5.41) is 4.02. The van der Waals surface area contributed by atoms with Gasteiger partial charge in [-0.1, -0.05) is 12.1 Å². The number of rotatable bonds is 8. The molecule has 0 spiro atoms. The number of benzene rings is 1. The molecule has 2 aliphatic rings. The third kappa shape index (κ3) is 5.93. The highest BCUT2D eigenvalue weighted by atomic mass is 16.5. The number of carbonyl (C=O) groups excluding carboxylic acids is 2. The van der Waals surface area contributed by atoms with E-state index in [1.807, 2.05) is 29.2 Å². The Balaban J connectivity index is 1.42. The second-order valence-electron chi connectivity index (χ2n) is 9.00. The van der Waals surface area contributed by atoms with Crippen LogP contribution in [0.25, 0.3) is 11.3 Å². The summed E-state index contributed by atoms with van der Waals surface area (Å²) in [6.45, 7) is 5.33. The molecule has 2 amide bonds. The Hall–Kier alpha value is -2.87. The van der Waals surface area contributed by atoms with Gasteiger partial charge < -0.3 is 23.8 Å². The van der Waals surface area contributed by atoms with Crippen molar-refractivity contribution in [2.24, 2.45) is 5.92 Å². The first-order chi connectivity index (χ1) is 16.0. The maximum Gasteiger partial charge on any atom is 0.276 e. The number of carbonyl (C=O) groups is 2. The molecule has 0 aliphatic carbocycles. The zero-order chi connectivity index (χ0) is 23.2. The molecule has 2 aromatic rings.